The van der Waals surface area contributed by atoms with Gasteiger partial charge >= 0.3 is 5.97 Å². The number of aliphatic carboxylic acids is 1. The number of rotatable bonds is 4. The molecule has 0 aliphatic carbocycles. The van der Waals surface area contributed by atoms with E-state index in [0.717, 1.165) is 0 Å². The first-order valence-corrected chi connectivity index (χ1v) is 3.94. The van der Waals surface area contributed by atoms with Crippen LogP contribution in [0.25, 0.3) is 0 Å². The van der Waals surface area contributed by atoms with E-state index >= 15 is 0 Å². The molecule has 0 unspecified atom stereocenters. The van der Waals surface area contributed by atoms with Crippen molar-refractivity contribution in [2.24, 2.45) is 5.41 Å². The van der Waals surface area contributed by atoms with E-state index in [1.807, 2.05) is 0 Å². The Labute approximate surface area is 77.0 Å². The molecule has 0 heterocycles. The maximum Gasteiger partial charge on any atom is 0.318 e. The van der Waals surface area contributed by atoms with Gasteiger partial charge in [0.05, 0.1) is 6.61 Å². The summed E-state index contributed by atoms with van der Waals surface area (Å²) in [5.74, 6) is -1.67. The number of carbonyl (C=O) groups is 2. The zero-order valence-corrected chi connectivity index (χ0v) is 8.07. The second kappa shape index (κ2) is 4.23. The summed E-state index contributed by atoms with van der Waals surface area (Å²) >= 11 is 0. The first-order valence-electron chi connectivity index (χ1n) is 3.94. The maximum atomic E-state index is 11.4. The van der Waals surface area contributed by atoms with E-state index in [4.69, 9.17) is 10.2 Å². The standard InChI is InChI=1S/C8H15NO4/c1-8(2,7(12)13)6(11)9(3)4-5-10/h10H,4-5H2,1-3H3,(H,12,13). The summed E-state index contributed by atoms with van der Waals surface area (Å²) < 4.78 is 0. The van der Waals surface area contributed by atoms with Gasteiger partial charge in [-0.25, -0.2) is 0 Å². The van der Waals surface area contributed by atoms with Crippen LogP contribution in [-0.4, -0.2) is 47.2 Å². The van der Waals surface area contributed by atoms with Gasteiger partial charge in [-0.1, -0.05) is 0 Å². The molecule has 0 bridgehead atoms. The number of carboxylic acid groups (broad SMARTS) is 1. The molecule has 0 saturated heterocycles. The molecule has 0 aromatic carbocycles. The summed E-state index contributed by atoms with van der Waals surface area (Å²) in [6.45, 7) is 2.66. The molecule has 0 radical (unpaired) electrons. The summed E-state index contributed by atoms with van der Waals surface area (Å²) in [5, 5.41) is 17.3. The van der Waals surface area contributed by atoms with Crippen LogP contribution in [0.1, 0.15) is 13.8 Å². The molecule has 76 valence electrons. The van der Waals surface area contributed by atoms with Crippen molar-refractivity contribution in [3.05, 3.63) is 0 Å². The lowest BCUT2D eigenvalue weighted by Crippen LogP contribution is -2.44. The van der Waals surface area contributed by atoms with Crippen LogP contribution < -0.4 is 0 Å². The minimum atomic E-state index is -1.43. The van der Waals surface area contributed by atoms with Gasteiger partial charge in [0, 0.05) is 13.6 Å². The van der Waals surface area contributed by atoms with Crippen molar-refractivity contribution in [3.63, 3.8) is 0 Å². The molecule has 13 heavy (non-hydrogen) atoms. The molecule has 1 amide bonds. The summed E-state index contributed by atoms with van der Waals surface area (Å²) in [4.78, 5) is 23.3. The Bertz CT molecular complexity index is 212. The number of carboxylic acids is 1. The van der Waals surface area contributed by atoms with Crippen LogP contribution in [0.3, 0.4) is 0 Å². The van der Waals surface area contributed by atoms with Gasteiger partial charge in [-0.3, -0.25) is 9.59 Å². The Balaban J connectivity index is 4.49. The van der Waals surface area contributed by atoms with Gasteiger partial charge in [-0.05, 0) is 13.8 Å². The minimum Gasteiger partial charge on any atom is -0.480 e. The molecule has 0 spiro atoms. The highest BCUT2D eigenvalue weighted by molar-refractivity contribution is 6.00. The molecular weight excluding hydrogens is 174 g/mol. The Kier molecular flexibility index (Phi) is 3.87. The van der Waals surface area contributed by atoms with Crippen LogP contribution >= 0.6 is 0 Å². The molecule has 0 aliphatic rings. The molecule has 0 aromatic heterocycles. The molecule has 0 aliphatic heterocycles. The molecule has 0 rings (SSSR count). The SMILES string of the molecule is CN(CCO)C(=O)C(C)(C)C(=O)O. The highest BCUT2D eigenvalue weighted by atomic mass is 16.4. The van der Waals surface area contributed by atoms with Crippen LogP contribution in [0.2, 0.25) is 0 Å². The fourth-order valence-electron chi connectivity index (χ4n) is 0.820. The summed E-state index contributed by atoms with van der Waals surface area (Å²) in [7, 11) is 1.46. The van der Waals surface area contributed by atoms with E-state index in [9.17, 15) is 9.59 Å². The van der Waals surface area contributed by atoms with Gasteiger partial charge in [-0.15, -0.1) is 0 Å². The molecular formula is C8H15NO4. The predicted molar refractivity (Wildman–Crippen MR) is 46.1 cm³/mol. The number of likely N-dealkylation sites (N-methyl/N-ethyl adjacent to an activating group) is 1. The van der Waals surface area contributed by atoms with Gasteiger partial charge in [0.1, 0.15) is 5.41 Å². The number of nitrogens with zero attached hydrogens (tertiary/aromatic N) is 1. The summed E-state index contributed by atoms with van der Waals surface area (Å²) in [6.07, 6.45) is 0. The Morgan fingerprint density at radius 1 is 1.38 bits per heavy atom. The lowest BCUT2D eigenvalue weighted by molar-refractivity contribution is -0.157. The van der Waals surface area contributed by atoms with Crippen LogP contribution in [-0.2, 0) is 9.59 Å². The van der Waals surface area contributed by atoms with Crippen LogP contribution in [0.15, 0.2) is 0 Å². The van der Waals surface area contributed by atoms with Crippen molar-refractivity contribution < 1.29 is 19.8 Å². The number of hydrogen-bond donors (Lipinski definition) is 2. The van der Waals surface area contributed by atoms with Gasteiger partial charge in [0.15, 0.2) is 0 Å². The zero-order chi connectivity index (χ0) is 10.6. The Hall–Kier alpha value is -1.10. The van der Waals surface area contributed by atoms with Crippen molar-refractivity contribution in [3.8, 4) is 0 Å². The lowest BCUT2D eigenvalue weighted by Gasteiger charge is -2.25. The first-order chi connectivity index (χ1) is 5.84. The molecule has 5 heteroatoms. The number of hydrogen-bond acceptors (Lipinski definition) is 3. The number of amides is 1. The predicted octanol–water partition coefficient (Wildman–Crippen LogP) is -0.452. The summed E-state index contributed by atoms with van der Waals surface area (Å²) in [6, 6.07) is 0. The average Bonchev–Trinajstić information content (AvgIpc) is 2.03. The number of aliphatic hydroxyl groups excluding tert-OH is 1. The molecule has 5 nitrogen and oxygen atoms in total. The van der Waals surface area contributed by atoms with Gasteiger partial charge in [0.2, 0.25) is 5.91 Å². The topological polar surface area (TPSA) is 77.8 Å². The smallest absolute Gasteiger partial charge is 0.318 e. The molecule has 0 fully saturated rings. The second-order valence-corrected chi connectivity index (χ2v) is 3.38. The van der Waals surface area contributed by atoms with Crippen molar-refractivity contribution >= 4 is 11.9 Å². The Morgan fingerprint density at radius 2 is 1.85 bits per heavy atom. The normalized spacial score (nSPS) is 11.1. The van der Waals surface area contributed by atoms with Crippen molar-refractivity contribution in [1.82, 2.24) is 4.90 Å². The van der Waals surface area contributed by atoms with E-state index in [2.05, 4.69) is 0 Å². The van der Waals surface area contributed by atoms with Gasteiger partial charge < -0.3 is 15.1 Å². The average molecular weight is 189 g/mol. The van der Waals surface area contributed by atoms with Gasteiger partial charge in [0.25, 0.3) is 0 Å². The van der Waals surface area contributed by atoms with Crippen LogP contribution in [0.5, 0.6) is 0 Å². The number of carbonyl (C=O) groups excluding carboxylic acids is 1. The van der Waals surface area contributed by atoms with Crippen LogP contribution in [0.4, 0.5) is 0 Å². The van der Waals surface area contributed by atoms with E-state index in [0.29, 0.717) is 0 Å². The highest BCUT2D eigenvalue weighted by Crippen LogP contribution is 2.17. The van der Waals surface area contributed by atoms with Gasteiger partial charge in [-0.2, -0.15) is 0 Å². The van der Waals surface area contributed by atoms with E-state index in [1.54, 1.807) is 0 Å². The zero-order valence-electron chi connectivity index (χ0n) is 8.07. The maximum absolute atomic E-state index is 11.4. The Morgan fingerprint density at radius 3 is 2.15 bits per heavy atom. The quantitative estimate of drug-likeness (QED) is 0.587. The lowest BCUT2D eigenvalue weighted by atomic mass is 9.92. The minimum absolute atomic E-state index is 0.148. The van der Waals surface area contributed by atoms with E-state index < -0.39 is 17.3 Å². The third kappa shape index (κ3) is 2.69. The summed E-state index contributed by atoms with van der Waals surface area (Å²) in [5.41, 5.74) is -1.43. The molecule has 2 N–H and O–H groups in total. The van der Waals surface area contributed by atoms with Crippen molar-refractivity contribution in [1.29, 1.82) is 0 Å². The third-order valence-electron chi connectivity index (χ3n) is 1.85. The fraction of sp³-hybridized carbons (Fsp3) is 0.750. The van der Waals surface area contributed by atoms with Crippen LogP contribution in [0, 0.1) is 5.41 Å². The largest absolute Gasteiger partial charge is 0.480 e. The molecule has 0 aromatic rings. The molecule has 0 saturated carbocycles. The third-order valence-corrected chi connectivity index (χ3v) is 1.85. The highest BCUT2D eigenvalue weighted by Gasteiger charge is 2.37. The monoisotopic (exact) mass is 189 g/mol. The van der Waals surface area contributed by atoms with Crippen molar-refractivity contribution in [2.45, 2.75) is 13.8 Å². The van der Waals surface area contributed by atoms with Crippen molar-refractivity contribution in [2.75, 3.05) is 20.2 Å². The van der Waals surface area contributed by atoms with E-state index in [-0.39, 0.29) is 13.2 Å². The fourth-order valence-corrected chi connectivity index (χ4v) is 0.820. The first kappa shape index (κ1) is 11.9. The number of aliphatic hydroxyl groups is 1. The van der Waals surface area contributed by atoms with E-state index in [1.165, 1.54) is 25.8 Å². The molecule has 0 atom stereocenters. The second-order valence-electron chi connectivity index (χ2n) is 3.38.